The van der Waals surface area contributed by atoms with Crippen molar-refractivity contribution in [3.8, 4) is 0 Å². The summed E-state index contributed by atoms with van der Waals surface area (Å²) in [6.45, 7) is 4.94. The van der Waals surface area contributed by atoms with E-state index in [0.29, 0.717) is 6.42 Å². The summed E-state index contributed by atoms with van der Waals surface area (Å²) in [4.78, 5) is 14.3. The third kappa shape index (κ3) is 3.10. The Hall–Kier alpha value is -1.35. The number of hydrogen-bond acceptors (Lipinski definition) is 2. The first-order chi connectivity index (χ1) is 8.56. The molecule has 0 radical (unpaired) electrons. The Balaban J connectivity index is 1.99. The van der Waals surface area contributed by atoms with Gasteiger partial charge in [0.05, 0.1) is 6.42 Å². The highest BCUT2D eigenvalue weighted by Gasteiger charge is 2.26. The van der Waals surface area contributed by atoms with Crippen molar-refractivity contribution >= 4 is 5.91 Å². The number of hydrogen-bond donors (Lipinski definition) is 1. The smallest absolute Gasteiger partial charge is 0.227 e. The SMILES string of the molecule is Cc1cccc(CC(=O)N2CC[C@@H](N)C[C@H]2C)c1. The Morgan fingerprint density at radius 1 is 1.50 bits per heavy atom. The molecule has 0 bridgehead atoms. The molecule has 1 aromatic carbocycles. The lowest BCUT2D eigenvalue weighted by atomic mass is 9.98. The van der Waals surface area contributed by atoms with Crippen molar-refractivity contribution in [2.45, 2.75) is 45.2 Å². The molecule has 1 aromatic rings. The molecule has 1 aliphatic heterocycles. The molecule has 3 heteroatoms. The molecule has 3 nitrogen and oxygen atoms in total. The van der Waals surface area contributed by atoms with Crippen molar-refractivity contribution in [3.05, 3.63) is 35.4 Å². The molecule has 1 fully saturated rings. The molecule has 0 aromatic heterocycles. The summed E-state index contributed by atoms with van der Waals surface area (Å²) in [6.07, 6.45) is 2.34. The predicted octanol–water partition coefficient (Wildman–Crippen LogP) is 1.88. The molecule has 18 heavy (non-hydrogen) atoms. The van der Waals surface area contributed by atoms with Gasteiger partial charge >= 0.3 is 0 Å². The molecule has 0 aliphatic carbocycles. The molecule has 98 valence electrons. The molecule has 0 unspecified atom stereocenters. The van der Waals surface area contributed by atoms with E-state index >= 15 is 0 Å². The average Bonchev–Trinajstić information content (AvgIpc) is 2.28. The maximum atomic E-state index is 12.3. The van der Waals surface area contributed by atoms with Crippen LogP contribution >= 0.6 is 0 Å². The number of carbonyl (C=O) groups excluding carboxylic acids is 1. The second-order valence-corrected chi connectivity index (χ2v) is 5.39. The van der Waals surface area contributed by atoms with Gasteiger partial charge in [0.15, 0.2) is 0 Å². The fraction of sp³-hybridized carbons (Fsp3) is 0.533. The van der Waals surface area contributed by atoms with E-state index in [9.17, 15) is 4.79 Å². The van der Waals surface area contributed by atoms with Gasteiger partial charge < -0.3 is 10.6 Å². The Morgan fingerprint density at radius 3 is 2.94 bits per heavy atom. The van der Waals surface area contributed by atoms with Gasteiger partial charge in [0.1, 0.15) is 0 Å². The quantitative estimate of drug-likeness (QED) is 0.866. The van der Waals surface area contributed by atoms with E-state index < -0.39 is 0 Å². The minimum absolute atomic E-state index is 0.222. The molecule has 1 saturated heterocycles. The van der Waals surface area contributed by atoms with Crippen LogP contribution in [0.15, 0.2) is 24.3 Å². The van der Waals surface area contributed by atoms with Gasteiger partial charge in [-0.15, -0.1) is 0 Å². The molecule has 0 saturated carbocycles. The second kappa shape index (κ2) is 5.53. The molecule has 2 N–H and O–H groups in total. The summed E-state index contributed by atoms with van der Waals surface area (Å²) >= 11 is 0. The third-order valence-corrected chi connectivity index (χ3v) is 3.67. The van der Waals surface area contributed by atoms with Crippen LogP contribution in [0, 0.1) is 6.92 Å². The highest BCUT2D eigenvalue weighted by atomic mass is 16.2. The molecular formula is C15H22N2O. The lowest BCUT2D eigenvalue weighted by molar-refractivity contribution is -0.133. The first kappa shape index (κ1) is 13.1. The van der Waals surface area contributed by atoms with Gasteiger partial charge in [0.2, 0.25) is 5.91 Å². The lowest BCUT2D eigenvalue weighted by Crippen LogP contribution is -2.48. The van der Waals surface area contributed by atoms with Crippen molar-refractivity contribution in [1.29, 1.82) is 0 Å². The number of benzene rings is 1. The Kier molecular flexibility index (Phi) is 4.02. The first-order valence-corrected chi connectivity index (χ1v) is 6.67. The average molecular weight is 246 g/mol. The lowest BCUT2D eigenvalue weighted by Gasteiger charge is -2.36. The number of amides is 1. The second-order valence-electron chi connectivity index (χ2n) is 5.39. The maximum Gasteiger partial charge on any atom is 0.227 e. The van der Waals surface area contributed by atoms with Crippen LogP contribution in [0.2, 0.25) is 0 Å². The number of carbonyl (C=O) groups is 1. The van der Waals surface area contributed by atoms with Gasteiger partial charge in [-0.25, -0.2) is 0 Å². The van der Waals surface area contributed by atoms with Gasteiger partial charge in [0, 0.05) is 18.6 Å². The number of nitrogens with two attached hydrogens (primary N) is 1. The zero-order valence-electron chi connectivity index (χ0n) is 11.2. The zero-order chi connectivity index (χ0) is 13.1. The molecular weight excluding hydrogens is 224 g/mol. The Morgan fingerprint density at radius 2 is 2.28 bits per heavy atom. The third-order valence-electron chi connectivity index (χ3n) is 3.67. The summed E-state index contributed by atoms with van der Waals surface area (Å²) in [5.74, 6) is 0.222. The summed E-state index contributed by atoms with van der Waals surface area (Å²) in [7, 11) is 0. The van der Waals surface area contributed by atoms with Crippen LogP contribution in [-0.2, 0) is 11.2 Å². The standard InChI is InChI=1S/C15H22N2O/c1-11-4-3-5-13(8-11)10-15(18)17-7-6-14(16)9-12(17)2/h3-5,8,12,14H,6-7,9-10,16H2,1-2H3/t12-,14-/m1/s1. The molecule has 0 spiro atoms. The van der Waals surface area contributed by atoms with Gasteiger partial charge in [-0.1, -0.05) is 29.8 Å². The van der Waals surface area contributed by atoms with E-state index in [1.165, 1.54) is 5.56 Å². The number of nitrogens with zero attached hydrogens (tertiary/aromatic N) is 1. The molecule has 1 heterocycles. The van der Waals surface area contributed by atoms with Crippen LogP contribution in [0.5, 0.6) is 0 Å². The fourth-order valence-electron chi connectivity index (χ4n) is 2.68. The van der Waals surface area contributed by atoms with Crippen molar-refractivity contribution in [1.82, 2.24) is 4.90 Å². The van der Waals surface area contributed by atoms with Crippen LogP contribution in [-0.4, -0.2) is 29.4 Å². The van der Waals surface area contributed by atoms with Crippen molar-refractivity contribution in [2.75, 3.05) is 6.54 Å². The normalized spacial score (nSPS) is 24.1. The van der Waals surface area contributed by atoms with Crippen LogP contribution in [0.25, 0.3) is 0 Å². The van der Waals surface area contributed by atoms with Crippen LogP contribution in [0.3, 0.4) is 0 Å². The van der Waals surface area contributed by atoms with E-state index in [2.05, 4.69) is 26.0 Å². The van der Waals surface area contributed by atoms with E-state index in [1.807, 2.05) is 17.0 Å². The van der Waals surface area contributed by atoms with Crippen molar-refractivity contribution in [2.24, 2.45) is 5.73 Å². The number of likely N-dealkylation sites (tertiary alicyclic amines) is 1. The van der Waals surface area contributed by atoms with Gasteiger partial charge in [-0.05, 0) is 32.3 Å². The predicted molar refractivity (Wildman–Crippen MR) is 73.3 cm³/mol. The topological polar surface area (TPSA) is 46.3 Å². The minimum atomic E-state index is 0.222. The largest absolute Gasteiger partial charge is 0.340 e. The van der Waals surface area contributed by atoms with E-state index in [0.717, 1.165) is 24.9 Å². The first-order valence-electron chi connectivity index (χ1n) is 6.67. The van der Waals surface area contributed by atoms with Crippen LogP contribution in [0.1, 0.15) is 30.9 Å². The van der Waals surface area contributed by atoms with Gasteiger partial charge in [-0.2, -0.15) is 0 Å². The van der Waals surface area contributed by atoms with Crippen LogP contribution in [0.4, 0.5) is 0 Å². The number of rotatable bonds is 2. The number of aryl methyl sites for hydroxylation is 1. The Bertz CT molecular complexity index is 430. The molecule has 2 rings (SSSR count). The Labute approximate surface area is 109 Å². The van der Waals surface area contributed by atoms with Gasteiger partial charge in [0.25, 0.3) is 0 Å². The summed E-state index contributed by atoms with van der Waals surface area (Å²) in [6, 6.07) is 8.68. The summed E-state index contributed by atoms with van der Waals surface area (Å²) < 4.78 is 0. The van der Waals surface area contributed by atoms with Crippen molar-refractivity contribution < 1.29 is 4.79 Å². The highest BCUT2D eigenvalue weighted by molar-refractivity contribution is 5.79. The fourth-order valence-corrected chi connectivity index (χ4v) is 2.68. The van der Waals surface area contributed by atoms with E-state index in [4.69, 9.17) is 5.73 Å². The number of piperidine rings is 1. The summed E-state index contributed by atoms with van der Waals surface area (Å²) in [5, 5.41) is 0. The zero-order valence-corrected chi connectivity index (χ0v) is 11.2. The monoisotopic (exact) mass is 246 g/mol. The van der Waals surface area contributed by atoms with Crippen LogP contribution < -0.4 is 5.73 Å². The van der Waals surface area contributed by atoms with Crippen molar-refractivity contribution in [3.63, 3.8) is 0 Å². The molecule has 1 amide bonds. The molecule has 1 aliphatic rings. The van der Waals surface area contributed by atoms with E-state index in [-0.39, 0.29) is 18.0 Å². The highest BCUT2D eigenvalue weighted by Crippen LogP contribution is 2.17. The summed E-state index contributed by atoms with van der Waals surface area (Å²) in [5.41, 5.74) is 8.22. The van der Waals surface area contributed by atoms with Gasteiger partial charge in [-0.3, -0.25) is 4.79 Å². The molecule has 2 atom stereocenters. The van der Waals surface area contributed by atoms with E-state index in [1.54, 1.807) is 0 Å². The minimum Gasteiger partial charge on any atom is -0.340 e. The maximum absolute atomic E-state index is 12.3.